The van der Waals surface area contributed by atoms with E-state index in [1.165, 1.54) is 11.7 Å². The van der Waals surface area contributed by atoms with E-state index >= 15 is 0 Å². The number of hydrogen-bond donors (Lipinski definition) is 1. The highest BCUT2D eigenvalue weighted by atomic mass is 16.5. The van der Waals surface area contributed by atoms with Gasteiger partial charge in [0.05, 0.1) is 12.7 Å². The SMILES string of the molecule is COC(=O)c1ccc(NC(=O)c2c(C)cc(C)n(C)c2=O)cc1. The Hall–Kier alpha value is -2.89. The van der Waals surface area contributed by atoms with Crippen molar-refractivity contribution in [2.75, 3.05) is 12.4 Å². The van der Waals surface area contributed by atoms with Gasteiger partial charge in [-0.25, -0.2) is 4.79 Å². The van der Waals surface area contributed by atoms with Gasteiger partial charge in [-0.3, -0.25) is 9.59 Å². The van der Waals surface area contributed by atoms with Gasteiger partial charge >= 0.3 is 5.97 Å². The summed E-state index contributed by atoms with van der Waals surface area (Å²) in [6.45, 7) is 3.53. The molecule has 1 N–H and O–H groups in total. The lowest BCUT2D eigenvalue weighted by molar-refractivity contribution is 0.0600. The number of benzene rings is 1. The van der Waals surface area contributed by atoms with E-state index in [1.54, 1.807) is 44.3 Å². The number of carbonyl (C=O) groups is 2. The number of pyridine rings is 1. The molecule has 6 nitrogen and oxygen atoms in total. The molecule has 0 saturated carbocycles. The molecule has 0 aliphatic rings. The van der Waals surface area contributed by atoms with Gasteiger partial charge in [0.2, 0.25) is 0 Å². The number of aryl methyl sites for hydroxylation is 2. The first-order valence-corrected chi connectivity index (χ1v) is 7.02. The smallest absolute Gasteiger partial charge is 0.337 e. The van der Waals surface area contributed by atoms with E-state index in [2.05, 4.69) is 10.1 Å². The second-order valence-corrected chi connectivity index (χ2v) is 5.23. The lowest BCUT2D eigenvalue weighted by atomic mass is 10.1. The predicted molar refractivity (Wildman–Crippen MR) is 86.9 cm³/mol. The summed E-state index contributed by atoms with van der Waals surface area (Å²) in [5, 5.41) is 2.67. The van der Waals surface area contributed by atoms with Crippen molar-refractivity contribution in [3.05, 3.63) is 63.1 Å². The fourth-order valence-electron chi connectivity index (χ4n) is 2.26. The average molecular weight is 314 g/mol. The minimum Gasteiger partial charge on any atom is -0.465 e. The van der Waals surface area contributed by atoms with Crippen LogP contribution in [-0.2, 0) is 11.8 Å². The molecular weight excluding hydrogens is 296 g/mol. The van der Waals surface area contributed by atoms with Crippen LogP contribution in [0, 0.1) is 13.8 Å². The molecule has 0 spiro atoms. The Bertz CT molecular complexity index is 820. The van der Waals surface area contributed by atoms with E-state index in [0.717, 1.165) is 5.69 Å². The zero-order chi connectivity index (χ0) is 17.1. The molecule has 120 valence electrons. The van der Waals surface area contributed by atoms with Gasteiger partial charge in [-0.2, -0.15) is 0 Å². The van der Waals surface area contributed by atoms with Crippen molar-refractivity contribution in [1.82, 2.24) is 4.57 Å². The summed E-state index contributed by atoms with van der Waals surface area (Å²) in [7, 11) is 2.92. The molecule has 0 radical (unpaired) electrons. The molecule has 23 heavy (non-hydrogen) atoms. The fraction of sp³-hybridized carbons (Fsp3) is 0.235. The number of nitrogens with one attached hydrogen (secondary N) is 1. The highest BCUT2D eigenvalue weighted by Gasteiger charge is 2.16. The van der Waals surface area contributed by atoms with Crippen LogP contribution in [0.2, 0.25) is 0 Å². The van der Waals surface area contributed by atoms with Crippen molar-refractivity contribution in [3.63, 3.8) is 0 Å². The number of esters is 1. The quantitative estimate of drug-likeness (QED) is 0.880. The van der Waals surface area contributed by atoms with Crippen LogP contribution in [-0.4, -0.2) is 23.6 Å². The fourth-order valence-corrected chi connectivity index (χ4v) is 2.26. The molecule has 1 amide bonds. The lowest BCUT2D eigenvalue weighted by Gasteiger charge is -2.11. The van der Waals surface area contributed by atoms with Crippen LogP contribution >= 0.6 is 0 Å². The number of carbonyl (C=O) groups excluding carboxylic acids is 2. The Morgan fingerprint density at radius 2 is 1.74 bits per heavy atom. The molecule has 1 heterocycles. The highest BCUT2D eigenvalue weighted by molar-refractivity contribution is 6.05. The first-order valence-electron chi connectivity index (χ1n) is 7.02. The molecule has 6 heteroatoms. The summed E-state index contributed by atoms with van der Waals surface area (Å²) in [5.41, 5.74) is 2.04. The molecule has 0 unspecified atom stereocenters. The van der Waals surface area contributed by atoms with Gasteiger partial charge < -0.3 is 14.6 Å². The standard InChI is InChI=1S/C17H18N2O4/c1-10-9-11(2)19(3)16(21)14(10)15(20)18-13-7-5-12(6-8-13)17(22)23-4/h5-9H,1-4H3,(H,18,20). The molecule has 0 bridgehead atoms. The topological polar surface area (TPSA) is 77.4 Å². The van der Waals surface area contributed by atoms with Crippen LogP contribution in [0.3, 0.4) is 0 Å². The molecule has 2 aromatic rings. The van der Waals surface area contributed by atoms with Crippen molar-refractivity contribution in [3.8, 4) is 0 Å². The number of ether oxygens (including phenoxy) is 1. The monoisotopic (exact) mass is 314 g/mol. The molecule has 2 rings (SSSR count). The van der Waals surface area contributed by atoms with Gasteiger partial charge in [0.15, 0.2) is 0 Å². The van der Waals surface area contributed by atoms with Gasteiger partial charge in [0.25, 0.3) is 11.5 Å². The van der Waals surface area contributed by atoms with Gasteiger partial charge in [-0.1, -0.05) is 0 Å². The average Bonchev–Trinajstić information content (AvgIpc) is 2.52. The van der Waals surface area contributed by atoms with Crippen LogP contribution in [0.4, 0.5) is 5.69 Å². The van der Waals surface area contributed by atoms with Crippen molar-refractivity contribution in [1.29, 1.82) is 0 Å². The van der Waals surface area contributed by atoms with Gasteiger partial charge in [0, 0.05) is 18.4 Å². The number of hydrogen-bond acceptors (Lipinski definition) is 4. The van der Waals surface area contributed by atoms with E-state index in [1.807, 2.05) is 6.92 Å². The van der Waals surface area contributed by atoms with Crippen LogP contribution < -0.4 is 10.9 Å². The van der Waals surface area contributed by atoms with E-state index < -0.39 is 11.9 Å². The molecule has 0 atom stereocenters. The summed E-state index contributed by atoms with van der Waals surface area (Å²) in [6.07, 6.45) is 0. The maximum atomic E-state index is 12.4. The minimum atomic E-state index is -0.478. The van der Waals surface area contributed by atoms with Crippen molar-refractivity contribution in [2.24, 2.45) is 7.05 Å². The third-order valence-corrected chi connectivity index (χ3v) is 3.66. The van der Waals surface area contributed by atoms with Crippen molar-refractivity contribution >= 4 is 17.6 Å². The highest BCUT2D eigenvalue weighted by Crippen LogP contribution is 2.13. The first kappa shape index (κ1) is 16.5. The summed E-state index contributed by atoms with van der Waals surface area (Å²) in [6, 6.07) is 8.04. The molecule has 1 aromatic carbocycles. The van der Waals surface area contributed by atoms with Crippen LogP contribution in [0.25, 0.3) is 0 Å². The Kier molecular flexibility index (Phi) is 4.64. The molecule has 0 aliphatic heterocycles. The van der Waals surface area contributed by atoms with Crippen molar-refractivity contribution in [2.45, 2.75) is 13.8 Å². The molecular formula is C17H18N2O4. The van der Waals surface area contributed by atoms with Gasteiger partial charge in [-0.15, -0.1) is 0 Å². The normalized spacial score (nSPS) is 10.3. The molecule has 0 saturated heterocycles. The van der Waals surface area contributed by atoms with E-state index in [9.17, 15) is 14.4 Å². The largest absolute Gasteiger partial charge is 0.465 e. The Morgan fingerprint density at radius 1 is 1.13 bits per heavy atom. The number of anilines is 1. The summed E-state index contributed by atoms with van der Waals surface area (Å²) < 4.78 is 6.04. The predicted octanol–water partition coefficient (Wildman–Crippen LogP) is 2.04. The van der Waals surface area contributed by atoms with Crippen LogP contribution in [0.1, 0.15) is 32.0 Å². The zero-order valence-corrected chi connectivity index (χ0v) is 13.5. The maximum absolute atomic E-state index is 12.4. The lowest BCUT2D eigenvalue weighted by Crippen LogP contribution is -2.30. The number of rotatable bonds is 3. The summed E-state index contributed by atoms with van der Waals surface area (Å²) in [4.78, 5) is 36.0. The number of methoxy groups -OCH3 is 1. The molecule has 0 aliphatic carbocycles. The minimum absolute atomic E-state index is 0.107. The Balaban J connectivity index is 2.28. The molecule has 1 aromatic heterocycles. The van der Waals surface area contributed by atoms with Gasteiger partial charge in [0.1, 0.15) is 5.56 Å². The Labute approximate surface area is 133 Å². The van der Waals surface area contributed by atoms with Crippen LogP contribution in [0.5, 0.6) is 0 Å². The summed E-state index contributed by atoms with van der Waals surface area (Å²) >= 11 is 0. The summed E-state index contributed by atoms with van der Waals surface area (Å²) in [5.74, 6) is -0.931. The first-order chi connectivity index (χ1) is 10.8. The maximum Gasteiger partial charge on any atom is 0.337 e. The third kappa shape index (κ3) is 3.31. The number of amides is 1. The zero-order valence-electron chi connectivity index (χ0n) is 13.5. The van der Waals surface area contributed by atoms with Crippen LogP contribution in [0.15, 0.2) is 35.1 Å². The third-order valence-electron chi connectivity index (χ3n) is 3.66. The van der Waals surface area contributed by atoms with E-state index in [-0.39, 0.29) is 11.1 Å². The Morgan fingerprint density at radius 3 is 2.30 bits per heavy atom. The number of nitrogens with zero attached hydrogens (tertiary/aromatic N) is 1. The number of aromatic nitrogens is 1. The molecule has 0 fully saturated rings. The van der Waals surface area contributed by atoms with E-state index in [4.69, 9.17) is 0 Å². The second kappa shape index (κ2) is 6.48. The van der Waals surface area contributed by atoms with Gasteiger partial charge in [-0.05, 0) is 49.7 Å². The van der Waals surface area contributed by atoms with E-state index in [0.29, 0.717) is 16.8 Å². The second-order valence-electron chi connectivity index (χ2n) is 5.23. The van der Waals surface area contributed by atoms with Crippen molar-refractivity contribution < 1.29 is 14.3 Å².